The average Bonchev–Trinajstić information content (AvgIpc) is 3.25. The summed E-state index contributed by atoms with van der Waals surface area (Å²) < 4.78 is 12.8. The minimum atomic E-state index is -0.248. The van der Waals surface area contributed by atoms with Crippen LogP contribution < -0.4 is 4.74 Å². The summed E-state index contributed by atoms with van der Waals surface area (Å²) in [5, 5.41) is 8.91. The molecule has 0 aliphatic rings. The molecule has 0 radical (unpaired) electrons. The molecule has 142 valence electrons. The lowest BCUT2D eigenvalue weighted by molar-refractivity contribution is 0.0770. The van der Waals surface area contributed by atoms with E-state index in [1.165, 1.54) is 0 Å². The number of carbonyl (C=O) groups is 1. The Hall–Kier alpha value is -2.80. The highest BCUT2D eigenvalue weighted by molar-refractivity contribution is 6.30. The summed E-state index contributed by atoms with van der Waals surface area (Å²) in [7, 11) is 1.71. The molecular weight excluding hydrogens is 368 g/mol. The van der Waals surface area contributed by atoms with Gasteiger partial charge in [0.2, 0.25) is 0 Å². The first-order chi connectivity index (χ1) is 13.0. The van der Waals surface area contributed by atoms with Crippen LogP contribution in [0.1, 0.15) is 34.4 Å². The van der Waals surface area contributed by atoms with Crippen LogP contribution >= 0.6 is 11.6 Å². The molecule has 0 spiro atoms. The van der Waals surface area contributed by atoms with Crippen LogP contribution in [0.3, 0.4) is 0 Å². The zero-order chi connectivity index (χ0) is 19.4. The summed E-state index contributed by atoms with van der Waals surface area (Å²) in [4.78, 5) is 14.4. The largest absolute Gasteiger partial charge is 0.489 e. The van der Waals surface area contributed by atoms with Crippen LogP contribution in [0.15, 0.2) is 41.1 Å². The van der Waals surface area contributed by atoms with E-state index in [0.29, 0.717) is 28.6 Å². The predicted octanol–water partition coefficient (Wildman–Crippen LogP) is 3.70. The van der Waals surface area contributed by atoms with E-state index in [1.54, 1.807) is 43.1 Å². The lowest BCUT2D eigenvalue weighted by Crippen LogP contribution is -2.28. The molecule has 1 amide bonds. The molecule has 0 atom stereocenters. The van der Waals surface area contributed by atoms with Crippen molar-refractivity contribution >= 4 is 17.5 Å². The van der Waals surface area contributed by atoms with Gasteiger partial charge in [-0.05, 0) is 38.1 Å². The molecular formula is C19H21ClN4O3. The number of hydrogen-bond acceptors (Lipinski definition) is 5. The van der Waals surface area contributed by atoms with Crippen molar-refractivity contribution in [3.63, 3.8) is 0 Å². The molecule has 0 fully saturated rings. The lowest BCUT2D eigenvalue weighted by Gasteiger charge is -2.15. The van der Waals surface area contributed by atoms with Crippen molar-refractivity contribution in [2.45, 2.75) is 33.5 Å². The SMILES string of the molecule is CCn1ccc(CN(C)C(=O)c2noc(C)c2COc2cccc(Cl)c2)n1. The molecule has 0 saturated carbocycles. The highest BCUT2D eigenvalue weighted by Crippen LogP contribution is 2.21. The van der Waals surface area contributed by atoms with Crippen LogP contribution in [0.2, 0.25) is 5.02 Å². The zero-order valence-electron chi connectivity index (χ0n) is 15.5. The third-order valence-electron chi connectivity index (χ3n) is 4.13. The Labute approximate surface area is 162 Å². The van der Waals surface area contributed by atoms with Crippen LogP contribution in [0.5, 0.6) is 5.75 Å². The van der Waals surface area contributed by atoms with E-state index in [1.807, 2.05) is 23.9 Å². The van der Waals surface area contributed by atoms with Crippen molar-refractivity contribution in [2.24, 2.45) is 0 Å². The number of carbonyl (C=O) groups excluding carboxylic acids is 1. The molecule has 0 unspecified atom stereocenters. The number of aromatic nitrogens is 3. The number of rotatable bonds is 7. The summed E-state index contributed by atoms with van der Waals surface area (Å²) in [6.45, 7) is 5.09. The molecule has 7 nitrogen and oxygen atoms in total. The van der Waals surface area contributed by atoms with Gasteiger partial charge in [0.15, 0.2) is 5.69 Å². The van der Waals surface area contributed by atoms with E-state index in [4.69, 9.17) is 20.9 Å². The highest BCUT2D eigenvalue weighted by atomic mass is 35.5. The first kappa shape index (κ1) is 19.0. The number of hydrogen-bond donors (Lipinski definition) is 0. The van der Waals surface area contributed by atoms with Crippen LogP contribution in [-0.4, -0.2) is 32.8 Å². The summed E-state index contributed by atoms with van der Waals surface area (Å²) in [5.74, 6) is 0.909. The van der Waals surface area contributed by atoms with Gasteiger partial charge in [-0.2, -0.15) is 5.10 Å². The Morgan fingerprint density at radius 3 is 2.89 bits per heavy atom. The smallest absolute Gasteiger partial charge is 0.276 e. The average molecular weight is 389 g/mol. The monoisotopic (exact) mass is 388 g/mol. The Morgan fingerprint density at radius 1 is 1.37 bits per heavy atom. The van der Waals surface area contributed by atoms with Crippen LogP contribution in [0.25, 0.3) is 0 Å². The van der Waals surface area contributed by atoms with Crippen LogP contribution in [-0.2, 0) is 19.7 Å². The maximum Gasteiger partial charge on any atom is 0.276 e. The molecule has 0 N–H and O–H groups in total. The second kappa shape index (κ2) is 8.26. The van der Waals surface area contributed by atoms with Crippen molar-refractivity contribution in [1.82, 2.24) is 19.8 Å². The Morgan fingerprint density at radius 2 is 2.19 bits per heavy atom. The number of halogens is 1. The van der Waals surface area contributed by atoms with Crippen molar-refractivity contribution < 1.29 is 14.1 Å². The second-order valence-electron chi connectivity index (χ2n) is 6.14. The normalized spacial score (nSPS) is 10.8. The van der Waals surface area contributed by atoms with E-state index in [2.05, 4.69) is 10.3 Å². The summed E-state index contributed by atoms with van der Waals surface area (Å²) >= 11 is 5.97. The number of amides is 1. The van der Waals surface area contributed by atoms with Gasteiger partial charge in [-0.3, -0.25) is 9.48 Å². The van der Waals surface area contributed by atoms with Gasteiger partial charge in [-0.25, -0.2) is 0 Å². The fourth-order valence-electron chi connectivity index (χ4n) is 2.60. The second-order valence-corrected chi connectivity index (χ2v) is 6.57. The fraction of sp³-hybridized carbons (Fsp3) is 0.316. The zero-order valence-corrected chi connectivity index (χ0v) is 16.2. The quantitative estimate of drug-likeness (QED) is 0.617. The van der Waals surface area contributed by atoms with Crippen molar-refractivity contribution in [1.29, 1.82) is 0 Å². The van der Waals surface area contributed by atoms with Gasteiger partial charge in [0.1, 0.15) is 18.1 Å². The topological polar surface area (TPSA) is 73.4 Å². The van der Waals surface area contributed by atoms with E-state index in [-0.39, 0.29) is 18.2 Å². The van der Waals surface area contributed by atoms with Gasteiger partial charge in [-0.1, -0.05) is 22.8 Å². The minimum absolute atomic E-state index is 0.162. The van der Waals surface area contributed by atoms with E-state index >= 15 is 0 Å². The molecule has 0 bridgehead atoms. The van der Waals surface area contributed by atoms with Crippen molar-refractivity contribution in [2.75, 3.05) is 7.05 Å². The van der Waals surface area contributed by atoms with E-state index in [9.17, 15) is 4.79 Å². The Bertz CT molecular complexity index is 935. The third kappa shape index (κ3) is 4.49. The van der Waals surface area contributed by atoms with Crippen LogP contribution in [0.4, 0.5) is 0 Å². The van der Waals surface area contributed by atoms with E-state index < -0.39 is 0 Å². The predicted molar refractivity (Wildman–Crippen MR) is 101 cm³/mol. The molecule has 0 aliphatic carbocycles. The molecule has 0 aliphatic heterocycles. The molecule has 27 heavy (non-hydrogen) atoms. The summed E-state index contributed by atoms with van der Waals surface area (Å²) in [5.41, 5.74) is 1.67. The van der Waals surface area contributed by atoms with Gasteiger partial charge in [-0.15, -0.1) is 0 Å². The third-order valence-corrected chi connectivity index (χ3v) is 4.37. The number of aryl methyl sites for hydroxylation is 2. The Balaban J connectivity index is 1.71. The van der Waals surface area contributed by atoms with Gasteiger partial charge in [0.05, 0.1) is 17.8 Å². The molecule has 8 heteroatoms. The first-order valence-corrected chi connectivity index (χ1v) is 8.97. The van der Waals surface area contributed by atoms with Crippen molar-refractivity contribution in [3.05, 3.63) is 64.3 Å². The fourth-order valence-corrected chi connectivity index (χ4v) is 2.78. The minimum Gasteiger partial charge on any atom is -0.489 e. The number of benzene rings is 1. The van der Waals surface area contributed by atoms with Gasteiger partial charge in [0.25, 0.3) is 5.91 Å². The maximum atomic E-state index is 12.8. The maximum absolute atomic E-state index is 12.8. The molecule has 0 saturated heterocycles. The van der Waals surface area contributed by atoms with Crippen LogP contribution in [0, 0.1) is 6.92 Å². The summed E-state index contributed by atoms with van der Waals surface area (Å²) in [6.07, 6.45) is 1.89. The Kier molecular flexibility index (Phi) is 5.81. The van der Waals surface area contributed by atoms with Crippen molar-refractivity contribution in [3.8, 4) is 5.75 Å². The van der Waals surface area contributed by atoms with Gasteiger partial charge < -0.3 is 14.2 Å². The number of nitrogens with zero attached hydrogens (tertiary/aromatic N) is 4. The number of ether oxygens (including phenoxy) is 1. The molecule has 3 rings (SSSR count). The molecule has 2 heterocycles. The first-order valence-electron chi connectivity index (χ1n) is 8.59. The lowest BCUT2D eigenvalue weighted by atomic mass is 10.2. The summed E-state index contributed by atoms with van der Waals surface area (Å²) in [6, 6.07) is 8.97. The van der Waals surface area contributed by atoms with E-state index in [0.717, 1.165) is 12.2 Å². The highest BCUT2D eigenvalue weighted by Gasteiger charge is 2.24. The van der Waals surface area contributed by atoms with Gasteiger partial charge in [0, 0.05) is 24.8 Å². The molecule has 2 aromatic heterocycles. The molecule has 3 aromatic rings. The standard InChI is InChI=1S/C19H21ClN4O3/c1-4-24-9-8-15(21-24)11-23(3)19(25)18-17(13(2)27-22-18)12-26-16-7-5-6-14(20)10-16/h5-10H,4,11-12H2,1-3H3. The van der Waals surface area contributed by atoms with Gasteiger partial charge >= 0.3 is 0 Å². The molecule has 1 aromatic carbocycles.